The first kappa shape index (κ1) is 27.8. The third-order valence-electron chi connectivity index (χ3n) is 7.72. The van der Waals surface area contributed by atoms with E-state index >= 15 is 0 Å². The number of carboxylic acids is 1. The van der Waals surface area contributed by atoms with Crippen molar-refractivity contribution in [2.45, 2.75) is 38.8 Å². The van der Waals surface area contributed by atoms with Gasteiger partial charge in [0, 0.05) is 19.6 Å². The molecule has 0 unspecified atom stereocenters. The molecule has 0 atom stereocenters. The highest BCUT2D eigenvalue weighted by molar-refractivity contribution is 6.01. The molecule has 0 spiro atoms. The summed E-state index contributed by atoms with van der Waals surface area (Å²) in [5.74, 6) is -1.01. The molecule has 0 radical (unpaired) electrons. The van der Waals surface area contributed by atoms with E-state index in [9.17, 15) is 27.5 Å². The third-order valence-corrected chi connectivity index (χ3v) is 7.72. The second kappa shape index (κ2) is 11.4. The summed E-state index contributed by atoms with van der Waals surface area (Å²) >= 11 is 0. The van der Waals surface area contributed by atoms with Crippen LogP contribution in [0.25, 0.3) is 17.2 Å². The third kappa shape index (κ3) is 5.89. The Morgan fingerprint density at radius 3 is 2.38 bits per heavy atom. The van der Waals surface area contributed by atoms with E-state index < -0.39 is 17.7 Å². The predicted molar refractivity (Wildman–Crippen MR) is 150 cm³/mol. The van der Waals surface area contributed by atoms with Crippen molar-refractivity contribution in [3.8, 4) is 0 Å². The second-order valence-electron chi connectivity index (χ2n) is 10.6. The van der Waals surface area contributed by atoms with E-state index in [0.717, 1.165) is 53.0 Å². The summed E-state index contributed by atoms with van der Waals surface area (Å²) in [5.41, 5.74) is 6.79. The van der Waals surface area contributed by atoms with Crippen LogP contribution in [-0.4, -0.2) is 42.3 Å². The molecule has 1 aliphatic carbocycles. The number of likely N-dealkylation sites (tertiary alicyclic amines) is 1. The van der Waals surface area contributed by atoms with Crippen molar-refractivity contribution in [2.75, 3.05) is 26.3 Å². The second-order valence-corrected chi connectivity index (χ2v) is 10.6. The molecule has 1 aliphatic heterocycles. The lowest BCUT2D eigenvalue weighted by atomic mass is 9.86. The molecule has 5 rings (SSSR count). The molecule has 7 heteroatoms. The molecule has 1 fully saturated rings. The number of benzene rings is 3. The van der Waals surface area contributed by atoms with Crippen LogP contribution in [-0.2, 0) is 12.6 Å². The molecule has 3 aromatic carbocycles. The van der Waals surface area contributed by atoms with Gasteiger partial charge in [0.25, 0.3) is 0 Å². The summed E-state index contributed by atoms with van der Waals surface area (Å²) in [6.07, 6.45) is 0.0874. The Bertz CT molecular complexity index is 1480. The monoisotopic (exact) mass is 549 g/mol. The number of aryl methyl sites for hydroxylation is 2. The molecule has 0 saturated carbocycles. The molecule has 3 aromatic rings. The maximum absolute atomic E-state index is 13.8. The van der Waals surface area contributed by atoms with E-state index in [2.05, 4.69) is 11.0 Å². The van der Waals surface area contributed by atoms with Gasteiger partial charge in [-0.1, -0.05) is 48.5 Å². The van der Waals surface area contributed by atoms with E-state index in [-0.39, 0.29) is 17.8 Å². The van der Waals surface area contributed by atoms with Gasteiger partial charge in [-0.15, -0.1) is 0 Å². The van der Waals surface area contributed by atoms with E-state index in [1.807, 2.05) is 24.3 Å². The number of allylic oxidation sites excluding steroid dienone is 1. The van der Waals surface area contributed by atoms with E-state index in [4.69, 9.17) is 0 Å². The fraction of sp³-hybridized carbons (Fsp3) is 0.303. The summed E-state index contributed by atoms with van der Waals surface area (Å²) in [6, 6.07) is 17.5. The lowest BCUT2D eigenvalue weighted by Crippen LogP contribution is -2.40. The predicted octanol–water partition coefficient (Wildman–Crippen LogP) is 8.07. The van der Waals surface area contributed by atoms with Crippen molar-refractivity contribution >= 4 is 23.2 Å². The fourth-order valence-electron chi connectivity index (χ4n) is 5.70. The van der Waals surface area contributed by atoms with Gasteiger partial charge in [0.15, 0.2) is 0 Å². The first-order valence-corrected chi connectivity index (χ1v) is 13.5. The van der Waals surface area contributed by atoms with Gasteiger partial charge in [0.2, 0.25) is 0 Å². The summed E-state index contributed by atoms with van der Waals surface area (Å²) < 4.78 is 53.9. The van der Waals surface area contributed by atoms with Crippen LogP contribution in [0.5, 0.6) is 0 Å². The van der Waals surface area contributed by atoms with Crippen LogP contribution in [0.3, 0.4) is 0 Å². The van der Waals surface area contributed by atoms with Gasteiger partial charge in [-0.3, -0.25) is 9.29 Å². The lowest BCUT2D eigenvalue weighted by Gasteiger charge is -2.33. The van der Waals surface area contributed by atoms with Gasteiger partial charge < -0.3 is 5.11 Å². The van der Waals surface area contributed by atoms with Crippen LogP contribution in [0.1, 0.15) is 68.6 Å². The van der Waals surface area contributed by atoms with Gasteiger partial charge >= 0.3 is 12.1 Å². The highest BCUT2D eigenvalue weighted by Gasteiger charge is 2.33. The Morgan fingerprint density at radius 2 is 1.70 bits per heavy atom. The number of carbonyl (C=O) groups is 1. The van der Waals surface area contributed by atoms with Crippen molar-refractivity contribution in [1.29, 1.82) is 0 Å². The molecule has 208 valence electrons. The Hall–Kier alpha value is -3.71. The smallest absolute Gasteiger partial charge is 0.416 e. The maximum atomic E-state index is 13.8. The van der Waals surface area contributed by atoms with E-state index in [1.54, 1.807) is 24.3 Å². The van der Waals surface area contributed by atoms with E-state index in [0.29, 0.717) is 31.2 Å². The average molecular weight is 550 g/mol. The average Bonchev–Trinajstić information content (AvgIpc) is 3.09. The Labute approximate surface area is 231 Å². The maximum Gasteiger partial charge on any atom is 0.416 e. The minimum Gasteiger partial charge on any atom is -0.478 e. The summed E-state index contributed by atoms with van der Waals surface area (Å²) in [6.45, 7) is 3.56. The number of rotatable bonds is 7. The number of aromatic carboxylic acids is 1. The molecule has 3 nitrogen and oxygen atoms in total. The van der Waals surface area contributed by atoms with Crippen LogP contribution >= 0.6 is 0 Å². The fourth-order valence-corrected chi connectivity index (χ4v) is 5.70. The molecule has 1 N–H and O–H groups in total. The number of hydrogen-bond donors (Lipinski definition) is 1. The molecule has 1 heterocycles. The van der Waals surface area contributed by atoms with Gasteiger partial charge in [-0.25, -0.2) is 4.79 Å². The zero-order valence-corrected chi connectivity index (χ0v) is 22.3. The van der Waals surface area contributed by atoms with Crippen molar-refractivity contribution in [2.24, 2.45) is 0 Å². The van der Waals surface area contributed by atoms with Crippen LogP contribution in [0.4, 0.5) is 17.6 Å². The van der Waals surface area contributed by atoms with Crippen LogP contribution < -0.4 is 0 Å². The SMILES string of the molecule is Cc1ccc(C2=C(c3ccc(C=C4CN(CCCF)C4)cc3)c3ccc(C(=O)O)cc3CCC2)cc1C(F)(F)F. The normalized spacial score (nSPS) is 15.9. The minimum absolute atomic E-state index is 0.176. The Balaban J connectivity index is 1.58. The lowest BCUT2D eigenvalue weighted by molar-refractivity contribution is -0.138. The Kier molecular flexibility index (Phi) is 7.95. The number of nitrogens with zero attached hydrogens (tertiary/aromatic N) is 1. The highest BCUT2D eigenvalue weighted by Crippen LogP contribution is 2.42. The van der Waals surface area contributed by atoms with Gasteiger partial charge in [-0.2, -0.15) is 13.2 Å². The molecule has 0 bridgehead atoms. The topological polar surface area (TPSA) is 40.5 Å². The molecular weight excluding hydrogens is 518 g/mol. The molecule has 40 heavy (non-hydrogen) atoms. The quantitative estimate of drug-likeness (QED) is 0.303. The molecule has 1 saturated heterocycles. The molecule has 0 aromatic heterocycles. The highest BCUT2D eigenvalue weighted by atomic mass is 19.4. The molecular formula is C33H31F4NO2. The van der Waals surface area contributed by atoms with Crippen molar-refractivity contribution in [1.82, 2.24) is 4.90 Å². The van der Waals surface area contributed by atoms with Gasteiger partial charge in [0.1, 0.15) is 0 Å². The van der Waals surface area contributed by atoms with E-state index in [1.165, 1.54) is 24.6 Å². The molecule has 0 amide bonds. The number of halogens is 4. The van der Waals surface area contributed by atoms with Gasteiger partial charge in [0.05, 0.1) is 17.8 Å². The number of hydrogen-bond acceptors (Lipinski definition) is 2. The van der Waals surface area contributed by atoms with Crippen molar-refractivity contribution in [3.63, 3.8) is 0 Å². The summed E-state index contributed by atoms with van der Waals surface area (Å²) in [4.78, 5) is 13.9. The summed E-state index contributed by atoms with van der Waals surface area (Å²) in [5, 5.41) is 9.55. The van der Waals surface area contributed by atoms with Crippen LogP contribution in [0, 0.1) is 6.92 Å². The molecule has 2 aliphatic rings. The number of fused-ring (bicyclic) bond motifs is 1. The van der Waals surface area contributed by atoms with Crippen LogP contribution in [0.15, 0.2) is 66.2 Å². The zero-order chi connectivity index (χ0) is 28.4. The standard InChI is InChI=1S/C33H31F4NO2/c1-21-6-9-26(18-30(21)33(35,36)37)28-5-2-4-25-17-27(32(39)40)12-13-29(25)31(28)24-10-7-22(8-11-24)16-23-19-38(20-23)15-3-14-34/h6-13,16-18H,2-5,14-15,19-20H2,1H3,(H,39,40). The van der Waals surface area contributed by atoms with Crippen molar-refractivity contribution < 1.29 is 27.5 Å². The number of carboxylic acid groups (broad SMARTS) is 1. The Morgan fingerprint density at radius 1 is 0.975 bits per heavy atom. The number of alkyl halides is 4. The van der Waals surface area contributed by atoms with Gasteiger partial charge in [-0.05, 0) is 101 Å². The first-order chi connectivity index (χ1) is 19.1. The van der Waals surface area contributed by atoms with Crippen LogP contribution in [0.2, 0.25) is 0 Å². The van der Waals surface area contributed by atoms with Crippen molar-refractivity contribution in [3.05, 3.63) is 111 Å². The first-order valence-electron chi connectivity index (χ1n) is 13.5. The minimum atomic E-state index is -4.46. The zero-order valence-electron chi connectivity index (χ0n) is 22.3. The summed E-state index contributed by atoms with van der Waals surface area (Å²) in [7, 11) is 0. The largest absolute Gasteiger partial charge is 0.478 e.